The summed E-state index contributed by atoms with van der Waals surface area (Å²) in [7, 11) is 2.01. The first kappa shape index (κ1) is 13.6. The summed E-state index contributed by atoms with van der Waals surface area (Å²) in [5.41, 5.74) is 1.11. The van der Waals surface area contributed by atoms with Crippen LogP contribution in [0.15, 0.2) is 11.1 Å². The van der Waals surface area contributed by atoms with Crippen molar-refractivity contribution in [3.63, 3.8) is 0 Å². The van der Waals surface area contributed by atoms with Gasteiger partial charge in [-0.25, -0.2) is 0 Å². The van der Waals surface area contributed by atoms with E-state index in [9.17, 15) is 0 Å². The third kappa shape index (κ3) is 5.03. The van der Waals surface area contributed by atoms with Crippen LogP contribution in [-0.2, 0) is 7.05 Å². The molecule has 0 bridgehead atoms. The first-order valence-corrected chi connectivity index (χ1v) is 7.06. The van der Waals surface area contributed by atoms with Gasteiger partial charge in [0.15, 0.2) is 0 Å². The van der Waals surface area contributed by atoms with Crippen LogP contribution in [0.2, 0.25) is 0 Å². The first-order valence-electron chi connectivity index (χ1n) is 6.08. The molecule has 0 amide bonds. The van der Waals surface area contributed by atoms with Gasteiger partial charge in [-0.1, -0.05) is 6.92 Å². The Morgan fingerprint density at radius 2 is 2.19 bits per heavy atom. The van der Waals surface area contributed by atoms with E-state index < -0.39 is 0 Å². The molecule has 1 aromatic heterocycles. The van der Waals surface area contributed by atoms with Gasteiger partial charge in [0.1, 0.15) is 0 Å². The summed E-state index contributed by atoms with van der Waals surface area (Å²) in [4.78, 5) is 0. The number of hydrogen-bond acceptors (Lipinski definition) is 3. The Morgan fingerprint density at radius 1 is 1.38 bits per heavy atom. The quantitative estimate of drug-likeness (QED) is 0.560. The van der Waals surface area contributed by atoms with Gasteiger partial charge in [0.05, 0.1) is 10.7 Å². The van der Waals surface area contributed by atoms with Gasteiger partial charge in [-0.15, -0.1) is 11.8 Å². The number of aryl methyl sites for hydroxylation is 2. The van der Waals surface area contributed by atoms with Crippen LogP contribution in [0.25, 0.3) is 0 Å². The zero-order valence-corrected chi connectivity index (χ0v) is 11.4. The Balaban J connectivity index is 2.05. The predicted molar refractivity (Wildman–Crippen MR) is 71.1 cm³/mol. The molecule has 0 radical (unpaired) electrons. The summed E-state index contributed by atoms with van der Waals surface area (Å²) < 4.78 is 1.97. The smallest absolute Gasteiger partial charge is 0.0939 e. The van der Waals surface area contributed by atoms with E-state index in [1.54, 1.807) is 0 Å². The van der Waals surface area contributed by atoms with Crippen molar-refractivity contribution in [1.82, 2.24) is 15.1 Å². The molecule has 4 heteroatoms. The standard InChI is InChI=1S/C12H23N3S/c1-4-7-13-8-5-6-9-16-12-10-11(2)14-15(12)3/h10,13H,4-9H2,1-3H3. The third-order valence-corrected chi connectivity index (χ3v) is 3.55. The van der Waals surface area contributed by atoms with Crippen molar-refractivity contribution < 1.29 is 0 Å². The Labute approximate surface area is 103 Å². The molecule has 3 nitrogen and oxygen atoms in total. The van der Waals surface area contributed by atoms with Gasteiger partial charge >= 0.3 is 0 Å². The van der Waals surface area contributed by atoms with Gasteiger partial charge in [0.25, 0.3) is 0 Å². The van der Waals surface area contributed by atoms with Gasteiger partial charge in [0.2, 0.25) is 0 Å². The summed E-state index contributed by atoms with van der Waals surface area (Å²) in [6.07, 6.45) is 3.76. The Morgan fingerprint density at radius 3 is 2.81 bits per heavy atom. The van der Waals surface area contributed by atoms with Crippen molar-refractivity contribution in [2.45, 2.75) is 38.1 Å². The van der Waals surface area contributed by atoms with Crippen molar-refractivity contribution in [3.8, 4) is 0 Å². The van der Waals surface area contributed by atoms with Crippen LogP contribution in [0.3, 0.4) is 0 Å². The largest absolute Gasteiger partial charge is 0.317 e. The van der Waals surface area contributed by atoms with Gasteiger partial charge in [-0.05, 0) is 51.1 Å². The van der Waals surface area contributed by atoms with Crippen molar-refractivity contribution in [2.24, 2.45) is 7.05 Å². The number of nitrogens with zero attached hydrogens (tertiary/aromatic N) is 2. The number of thioether (sulfide) groups is 1. The Bertz CT molecular complexity index is 296. The minimum absolute atomic E-state index is 1.11. The van der Waals surface area contributed by atoms with Crippen LogP contribution in [0.1, 0.15) is 31.9 Å². The number of rotatable bonds is 8. The van der Waals surface area contributed by atoms with Crippen LogP contribution in [0, 0.1) is 6.92 Å². The number of nitrogens with one attached hydrogen (secondary N) is 1. The lowest BCUT2D eigenvalue weighted by Gasteiger charge is -2.03. The highest BCUT2D eigenvalue weighted by atomic mass is 32.2. The Hall–Kier alpha value is -0.480. The Kier molecular flexibility index (Phi) is 6.57. The molecule has 92 valence electrons. The van der Waals surface area contributed by atoms with E-state index >= 15 is 0 Å². The summed E-state index contributed by atoms with van der Waals surface area (Å²) >= 11 is 1.90. The number of hydrogen-bond donors (Lipinski definition) is 1. The molecule has 1 aromatic rings. The van der Waals surface area contributed by atoms with Gasteiger partial charge in [-0.3, -0.25) is 4.68 Å². The van der Waals surface area contributed by atoms with Crippen molar-refractivity contribution in [2.75, 3.05) is 18.8 Å². The minimum Gasteiger partial charge on any atom is -0.317 e. The molecular weight excluding hydrogens is 218 g/mol. The second-order valence-corrected chi connectivity index (χ2v) is 5.17. The van der Waals surface area contributed by atoms with Crippen LogP contribution in [0.5, 0.6) is 0 Å². The predicted octanol–water partition coefficient (Wildman–Crippen LogP) is 2.60. The molecule has 0 atom stereocenters. The molecule has 1 N–H and O–H groups in total. The molecule has 0 aliphatic carbocycles. The van der Waals surface area contributed by atoms with E-state index in [1.165, 1.54) is 30.0 Å². The average molecular weight is 241 g/mol. The molecule has 0 aliphatic heterocycles. The zero-order chi connectivity index (χ0) is 11.8. The molecule has 0 aliphatic rings. The lowest BCUT2D eigenvalue weighted by atomic mass is 10.3. The summed E-state index contributed by atoms with van der Waals surface area (Å²) in [5.74, 6) is 1.19. The van der Waals surface area contributed by atoms with Crippen molar-refractivity contribution in [1.29, 1.82) is 0 Å². The maximum atomic E-state index is 4.33. The first-order chi connectivity index (χ1) is 7.74. The monoisotopic (exact) mass is 241 g/mol. The van der Waals surface area contributed by atoms with E-state index in [-0.39, 0.29) is 0 Å². The fourth-order valence-electron chi connectivity index (χ4n) is 1.55. The second-order valence-electron chi connectivity index (χ2n) is 4.05. The highest BCUT2D eigenvalue weighted by Gasteiger charge is 2.01. The van der Waals surface area contributed by atoms with Crippen molar-refractivity contribution in [3.05, 3.63) is 11.8 Å². The molecule has 16 heavy (non-hydrogen) atoms. The van der Waals surface area contributed by atoms with Crippen LogP contribution < -0.4 is 5.32 Å². The second kappa shape index (κ2) is 7.74. The molecule has 0 aromatic carbocycles. The van der Waals surface area contributed by atoms with Gasteiger partial charge < -0.3 is 5.32 Å². The highest BCUT2D eigenvalue weighted by Crippen LogP contribution is 2.19. The minimum atomic E-state index is 1.11. The number of unbranched alkanes of at least 4 members (excludes halogenated alkanes) is 1. The maximum Gasteiger partial charge on any atom is 0.0939 e. The lowest BCUT2D eigenvalue weighted by molar-refractivity contribution is 0.634. The highest BCUT2D eigenvalue weighted by molar-refractivity contribution is 7.99. The normalized spacial score (nSPS) is 10.9. The zero-order valence-electron chi connectivity index (χ0n) is 10.6. The lowest BCUT2D eigenvalue weighted by Crippen LogP contribution is -2.15. The molecule has 0 saturated heterocycles. The topological polar surface area (TPSA) is 29.9 Å². The molecule has 0 fully saturated rings. The summed E-state index contributed by atoms with van der Waals surface area (Å²) in [6.45, 7) is 6.54. The molecule has 1 rings (SSSR count). The molecule has 0 unspecified atom stereocenters. The summed E-state index contributed by atoms with van der Waals surface area (Å²) in [5, 5.41) is 9.03. The molecule has 0 spiro atoms. The molecular formula is C12H23N3S. The van der Waals surface area contributed by atoms with E-state index in [2.05, 4.69) is 23.4 Å². The summed E-state index contributed by atoms with van der Waals surface area (Å²) in [6, 6.07) is 2.15. The molecule has 1 heterocycles. The van der Waals surface area contributed by atoms with Gasteiger partial charge in [-0.2, -0.15) is 5.10 Å². The third-order valence-electron chi connectivity index (χ3n) is 2.38. The van der Waals surface area contributed by atoms with Crippen LogP contribution in [-0.4, -0.2) is 28.6 Å². The van der Waals surface area contributed by atoms with E-state index in [0.717, 1.165) is 18.8 Å². The fraction of sp³-hybridized carbons (Fsp3) is 0.750. The number of aromatic nitrogens is 2. The van der Waals surface area contributed by atoms with E-state index in [0.29, 0.717) is 0 Å². The van der Waals surface area contributed by atoms with E-state index in [4.69, 9.17) is 0 Å². The SMILES string of the molecule is CCCNCCCCSc1cc(C)nn1C. The van der Waals surface area contributed by atoms with Crippen molar-refractivity contribution >= 4 is 11.8 Å². The van der Waals surface area contributed by atoms with Crippen LogP contribution in [0.4, 0.5) is 0 Å². The van der Waals surface area contributed by atoms with E-state index in [1.807, 2.05) is 30.4 Å². The fourth-order valence-corrected chi connectivity index (χ4v) is 2.59. The molecule has 0 saturated carbocycles. The average Bonchev–Trinajstić information content (AvgIpc) is 2.56. The van der Waals surface area contributed by atoms with Gasteiger partial charge in [0, 0.05) is 7.05 Å². The van der Waals surface area contributed by atoms with Crippen LogP contribution >= 0.6 is 11.8 Å². The maximum absolute atomic E-state index is 4.33.